The standard InChI is InChI=1S/C25H25F3N6O2/c1-17(24-30-23(32-36-24)19-8-5-9-20(15-19)25(26,27)28)34-12-10-33(11-13-34)16-22-29-21(31-35-22)14-18-6-3-2-4-7-18/h2-9,15,17H,10-14,16H2,1H3. The molecule has 1 unspecified atom stereocenters. The van der Waals surface area contributed by atoms with Crippen molar-refractivity contribution in [3.8, 4) is 11.4 Å². The van der Waals surface area contributed by atoms with Crippen LogP contribution in [0.5, 0.6) is 0 Å². The van der Waals surface area contributed by atoms with Gasteiger partial charge >= 0.3 is 6.18 Å². The highest BCUT2D eigenvalue weighted by atomic mass is 19.4. The van der Waals surface area contributed by atoms with Crippen LogP contribution in [0.2, 0.25) is 0 Å². The Morgan fingerprint density at radius 2 is 1.69 bits per heavy atom. The van der Waals surface area contributed by atoms with Crippen molar-refractivity contribution >= 4 is 0 Å². The summed E-state index contributed by atoms with van der Waals surface area (Å²) in [7, 11) is 0. The van der Waals surface area contributed by atoms with Gasteiger partial charge < -0.3 is 9.05 Å². The minimum absolute atomic E-state index is 0.143. The third-order valence-corrected chi connectivity index (χ3v) is 6.28. The molecule has 2 aromatic carbocycles. The van der Waals surface area contributed by atoms with Crippen molar-refractivity contribution in [2.45, 2.75) is 32.1 Å². The van der Waals surface area contributed by atoms with Crippen molar-refractivity contribution in [1.29, 1.82) is 0 Å². The topological polar surface area (TPSA) is 84.3 Å². The summed E-state index contributed by atoms with van der Waals surface area (Å²) < 4.78 is 49.9. The molecule has 2 aromatic heterocycles. The van der Waals surface area contributed by atoms with Gasteiger partial charge in [-0.25, -0.2) is 0 Å². The molecular formula is C25H25F3N6O2. The van der Waals surface area contributed by atoms with E-state index in [1.54, 1.807) is 0 Å². The number of benzene rings is 2. The van der Waals surface area contributed by atoms with Gasteiger partial charge in [0.15, 0.2) is 5.82 Å². The smallest absolute Gasteiger partial charge is 0.338 e. The van der Waals surface area contributed by atoms with Crippen molar-refractivity contribution in [3.05, 3.63) is 83.3 Å². The Bertz CT molecular complexity index is 1280. The van der Waals surface area contributed by atoms with Crippen molar-refractivity contribution < 1.29 is 22.2 Å². The molecule has 1 aliphatic heterocycles. The van der Waals surface area contributed by atoms with E-state index in [2.05, 4.69) is 30.1 Å². The van der Waals surface area contributed by atoms with Gasteiger partial charge in [0.05, 0.1) is 18.2 Å². The van der Waals surface area contributed by atoms with Gasteiger partial charge in [-0.15, -0.1) is 0 Å². The van der Waals surface area contributed by atoms with E-state index in [1.807, 2.05) is 37.3 Å². The predicted molar refractivity (Wildman–Crippen MR) is 124 cm³/mol. The molecule has 1 saturated heterocycles. The summed E-state index contributed by atoms with van der Waals surface area (Å²) >= 11 is 0. The monoisotopic (exact) mass is 498 g/mol. The quantitative estimate of drug-likeness (QED) is 0.365. The summed E-state index contributed by atoms with van der Waals surface area (Å²) in [5, 5.41) is 8.00. The Hall–Kier alpha value is -3.57. The lowest BCUT2D eigenvalue weighted by atomic mass is 10.1. The van der Waals surface area contributed by atoms with Gasteiger partial charge in [-0.05, 0) is 24.6 Å². The second kappa shape index (κ2) is 10.2. The Morgan fingerprint density at radius 1 is 0.917 bits per heavy atom. The highest BCUT2D eigenvalue weighted by Crippen LogP contribution is 2.32. The molecule has 3 heterocycles. The molecule has 4 aromatic rings. The zero-order valence-corrected chi connectivity index (χ0v) is 19.6. The number of rotatable bonds is 7. The van der Waals surface area contributed by atoms with Crippen LogP contribution in [0.15, 0.2) is 63.6 Å². The van der Waals surface area contributed by atoms with Gasteiger partial charge in [0.1, 0.15) is 0 Å². The third kappa shape index (κ3) is 5.63. The van der Waals surface area contributed by atoms with Gasteiger partial charge in [-0.2, -0.15) is 23.1 Å². The lowest BCUT2D eigenvalue weighted by Crippen LogP contribution is -2.46. The molecule has 36 heavy (non-hydrogen) atoms. The largest absolute Gasteiger partial charge is 0.416 e. The number of alkyl halides is 3. The van der Waals surface area contributed by atoms with Crippen molar-refractivity contribution in [3.63, 3.8) is 0 Å². The number of piperazine rings is 1. The first-order valence-corrected chi connectivity index (χ1v) is 11.7. The predicted octanol–water partition coefficient (Wildman–Crippen LogP) is 4.61. The molecule has 0 spiro atoms. The number of nitrogens with zero attached hydrogens (tertiary/aromatic N) is 6. The van der Waals surface area contributed by atoms with Crippen LogP contribution in [0.1, 0.15) is 41.7 Å². The maximum absolute atomic E-state index is 13.0. The average molecular weight is 499 g/mol. The van der Waals surface area contributed by atoms with E-state index in [1.165, 1.54) is 12.1 Å². The Kier molecular flexibility index (Phi) is 6.84. The van der Waals surface area contributed by atoms with Crippen LogP contribution in [0, 0.1) is 0 Å². The van der Waals surface area contributed by atoms with Crippen molar-refractivity contribution in [1.82, 2.24) is 30.1 Å². The zero-order chi connectivity index (χ0) is 25.1. The van der Waals surface area contributed by atoms with Crippen LogP contribution in [0.3, 0.4) is 0 Å². The first-order valence-electron chi connectivity index (χ1n) is 11.7. The maximum Gasteiger partial charge on any atom is 0.416 e. The van der Waals surface area contributed by atoms with E-state index in [-0.39, 0.29) is 17.4 Å². The molecule has 0 aliphatic carbocycles. The summed E-state index contributed by atoms with van der Waals surface area (Å²) in [6, 6.07) is 14.8. The van der Waals surface area contributed by atoms with Crippen LogP contribution in [0.4, 0.5) is 13.2 Å². The third-order valence-electron chi connectivity index (χ3n) is 6.28. The minimum atomic E-state index is -4.43. The Morgan fingerprint density at radius 3 is 2.44 bits per heavy atom. The summed E-state index contributed by atoms with van der Waals surface area (Å²) in [5.41, 5.74) is 0.650. The van der Waals surface area contributed by atoms with Crippen LogP contribution < -0.4 is 0 Å². The normalized spacial score (nSPS) is 16.3. The molecule has 0 saturated carbocycles. The van der Waals surface area contributed by atoms with Gasteiger partial charge in [0.2, 0.25) is 17.6 Å². The molecule has 0 bridgehead atoms. The average Bonchev–Trinajstić information content (AvgIpc) is 3.54. The SMILES string of the molecule is CC(c1nc(-c2cccc(C(F)(F)F)c2)no1)N1CCN(Cc2nc(Cc3ccccc3)no2)CC1. The number of halogens is 3. The number of hydrogen-bond acceptors (Lipinski definition) is 8. The van der Waals surface area contributed by atoms with E-state index >= 15 is 0 Å². The van der Waals surface area contributed by atoms with Crippen LogP contribution in [-0.2, 0) is 19.1 Å². The lowest BCUT2D eigenvalue weighted by Gasteiger charge is -2.36. The highest BCUT2D eigenvalue weighted by Gasteiger charge is 2.31. The second-order valence-electron chi connectivity index (χ2n) is 8.79. The lowest BCUT2D eigenvalue weighted by molar-refractivity contribution is -0.137. The molecule has 0 N–H and O–H groups in total. The Labute approximate surface area is 205 Å². The fraction of sp³-hybridized carbons (Fsp3) is 0.360. The van der Waals surface area contributed by atoms with Gasteiger partial charge in [-0.3, -0.25) is 9.80 Å². The van der Waals surface area contributed by atoms with Gasteiger partial charge in [-0.1, -0.05) is 52.8 Å². The van der Waals surface area contributed by atoms with E-state index in [4.69, 9.17) is 9.05 Å². The highest BCUT2D eigenvalue weighted by molar-refractivity contribution is 5.55. The first kappa shape index (κ1) is 24.1. The second-order valence-corrected chi connectivity index (χ2v) is 8.79. The van der Waals surface area contributed by atoms with Crippen molar-refractivity contribution in [2.75, 3.05) is 26.2 Å². The fourth-order valence-electron chi connectivity index (χ4n) is 4.22. The summed E-state index contributed by atoms with van der Waals surface area (Å²) in [6.07, 6.45) is -3.80. The maximum atomic E-state index is 13.0. The summed E-state index contributed by atoms with van der Waals surface area (Å²) in [5.74, 6) is 1.77. The molecule has 0 amide bonds. The fourth-order valence-corrected chi connectivity index (χ4v) is 4.22. The number of hydrogen-bond donors (Lipinski definition) is 0. The van der Waals surface area contributed by atoms with E-state index in [0.717, 1.165) is 43.9 Å². The molecule has 1 aliphatic rings. The van der Waals surface area contributed by atoms with Crippen LogP contribution >= 0.6 is 0 Å². The summed E-state index contributed by atoms with van der Waals surface area (Å²) in [6.45, 7) is 5.61. The molecule has 1 atom stereocenters. The Balaban J connectivity index is 1.15. The zero-order valence-electron chi connectivity index (χ0n) is 19.6. The van der Waals surface area contributed by atoms with E-state index < -0.39 is 11.7 Å². The molecule has 8 nitrogen and oxygen atoms in total. The van der Waals surface area contributed by atoms with Gasteiger partial charge in [0.25, 0.3) is 0 Å². The minimum Gasteiger partial charge on any atom is -0.338 e. The van der Waals surface area contributed by atoms with E-state index in [9.17, 15) is 13.2 Å². The molecule has 5 rings (SSSR count). The summed E-state index contributed by atoms with van der Waals surface area (Å²) in [4.78, 5) is 13.3. The number of aromatic nitrogens is 4. The molecular weight excluding hydrogens is 473 g/mol. The molecule has 11 heteroatoms. The molecule has 188 valence electrons. The molecule has 1 fully saturated rings. The van der Waals surface area contributed by atoms with Crippen LogP contribution in [0.25, 0.3) is 11.4 Å². The van der Waals surface area contributed by atoms with Crippen molar-refractivity contribution in [2.24, 2.45) is 0 Å². The van der Waals surface area contributed by atoms with E-state index in [0.29, 0.717) is 30.6 Å². The first-order chi connectivity index (χ1) is 17.3. The molecule has 0 radical (unpaired) electrons. The van der Waals surface area contributed by atoms with Crippen LogP contribution in [-0.4, -0.2) is 56.3 Å². The van der Waals surface area contributed by atoms with Gasteiger partial charge in [0, 0.05) is 38.2 Å².